The average molecular weight is 1120 g/mol. The Morgan fingerprint density at radius 3 is 0.631 bits per heavy atom. The summed E-state index contributed by atoms with van der Waals surface area (Å²) in [4.78, 5) is 41.2. The van der Waals surface area contributed by atoms with E-state index in [1.165, 1.54) is 44.5 Å². The van der Waals surface area contributed by atoms with Crippen molar-refractivity contribution in [2.45, 2.75) is 175 Å². The third kappa shape index (κ3) is 6.01. The first kappa shape index (κ1) is 47.2. The number of fused-ring (bicyclic) bond motifs is 20. The van der Waals surface area contributed by atoms with Crippen molar-refractivity contribution in [1.82, 2.24) is 39.9 Å². The minimum absolute atomic E-state index is 0.0101. The molecule has 16 bridgehead atoms. The van der Waals surface area contributed by atoms with E-state index >= 15 is 0 Å². The van der Waals surface area contributed by atoms with Crippen LogP contribution in [0.4, 0.5) is 0 Å². The van der Waals surface area contributed by atoms with Crippen LogP contribution in [0.3, 0.4) is 0 Å². The fraction of sp³-hybridized carbons (Fsp3) is 0.412. The van der Waals surface area contributed by atoms with Crippen LogP contribution in [-0.2, 0) is 37.9 Å². The molecular formula is C68H58N8O8. The van der Waals surface area contributed by atoms with Gasteiger partial charge in [-0.05, 0) is 148 Å². The van der Waals surface area contributed by atoms with Crippen molar-refractivity contribution in [2.24, 2.45) is 0 Å². The number of aromatic nitrogens is 8. The molecule has 7 aromatic rings. The summed E-state index contributed by atoms with van der Waals surface area (Å²) in [6.45, 7) is 16.1. The number of nitrogens with zero attached hydrogens (tertiary/aromatic N) is 6. The summed E-state index contributed by atoms with van der Waals surface area (Å²) >= 11 is 0. The van der Waals surface area contributed by atoms with Crippen LogP contribution in [0, 0.1) is 0 Å². The van der Waals surface area contributed by atoms with E-state index in [1.807, 2.05) is 55.4 Å². The van der Waals surface area contributed by atoms with E-state index in [1.54, 1.807) is 0 Å². The summed E-state index contributed by atoms with van der Waals surface area (Å²) in [5.74, 6) is -0.724. The maximum atomic E-state index is 6.68. The predicted molar refractivity (Wildman–Crippen MR) is 310 cm³/mol. The molecule has 0 saturated carbocycles. The van der Waals surface area contributed by atoms with Crippen LogP contribution in [0.1, 0.15) is 147 Å². The summed E-state index contributed by atoms with van der Waals surface area (Å²) in [6, 6.07) is 18.4. The quantitative estimate of drug-likeness (QED) is 0.137. The first-order chi connectivity index (χ1) is 40.4. The van der Waals surface area contributed by atoms with Gasteiger partial charge in [0.1, 0.15) is 22.6 Å². The number of H-pyrrole nitrogens is 2. The Morgan fingerprint density at radius 1 is 0.262 bits per heavy atom. The van der Waals surface area contributed by atoms with Crippen LogP contribution in [0.15, 0.2) is 97.1 Å². The van der Waals surface area contributed by atoms with E-state index in [0.29, 0.717) is 45.9 Å². The number of aromatic amines is 2. The molecule has 4 saturated heterocycles. The third-order valence-corrected chi connectivity index (χ3v) is 21.1. The van der Waals surface area contributed by atoms with Gasteiger partial charge in [0.05, 0.1) is 48.8 Å². The zero-order chi connectivity index (χ0) is 55.7. The van der Waals surface area contributed by atoms with E-state index in [9.17, 15) is 0 Å². The van der Waals surface area contributed by atoms with Gasteiger partial charge in [-0.3, -0.25) is 0 Å². The Hall–Kier alpha value is -7.12. The van der Waals surface area contributed by atoms with Crippen molar-refractivity contribution in [3.05, 3.63) is 142 Å². The molecule has 16 atom stereocenters. The van der Waals surface area contributed by atoms with Crippen LogP contribution in [0.25, 0.3) is 89.7 Å². The van der Waals surface area contributed by atoms with Crippen molar-refractivity contribution >= 4 is 44.1 Å². The largest absolute Gasteiger partial charge is 0.344 e. The highest BCUT2D eigenvalue weighted by atomic mass is 16.8. The molecule has 84 heavy (non-hydrogen) atoms. The van der Waals surface area contributed by atoms with Gasteiger partial charge in [0, 0.05) is 91.1 Å². The standard InChI is InChI=1S/C68H58N8O8/c1-65(2)77-49-25-9-10-26(50(49)78-65)34-18-42-41(17-33(25)34)57-69-58(42)74-60-44-20-36-28-12-14-30(54-52(28)80-67(5,6)82-54)38(36)22-46(44)62(71-60)76-64-48-24-40-32-16-15-31(55-56(32)84-68(7,8)83-55)39(40)23-47(48)63(72-64)75-61-45-21-37-29-13-11-27(51-53(29)81-66(3,4)79-51)35(37)19-43(45)59(70-61)73-57/h9-32,49-56H,1-8H3,(H2,69,70,71,72,73,74,75,76). The molecule has 6 aliphatic heterocycles. The Kier molecular flexibility index (Phi) is 8.38. The first-order valence-corrected chi connectivity index (χ1v) is 30.1. The highest BCUT2D eigenvalue weighted by Gasteiger charge is 2.58. The lowest BCUT2D eigenvalue weighted by atomic mass is 9.67. The molecule has 25 rings (SSSR count). The van der Waals surface area contributed by atoms with Crippen LogP contribution < -0.4 is 0 Å². The lowest BCUT2D eigenvalue weighted by Gasteiger charge is -2.41. The smallest absolute Gasteiger partial charge is 0.164 e. The second kappa shape index (κ2) is 14.9. The maximum absolute atomic E-state index is 6.68. The fourth-order valence-corrected chi connectivity index (χ4v) is 18.0. The fourth-order valence-electron chi connectivity index (χ4n) is 18.0. The lowest BCUT2D eigenvalue weighted by Crippen LogP contribution is -2.41. The van der Waals surface area contributed by atoms with Crippen LogP contribution >= 0.6 is 0 Å². The van der Waals surface area contributed by atoms with E-state index in [2.05, 4.69) is 107 Å². The van der Waals surface area contributed by atoms with Gasteiger partial charge in [0.25, 0.3) is 0 Å². The zero-order valence-electron chi connectivity index (χ0n) is 47.4. The second-order valence-corrected chi connectivity index (χ2v) is 27.7. The Bertz CT molecular complexity index is 4090. The van der Waals surface area contributed by atoms with Crippen molar-refractivity contribution in [3.63, 3.8) is 0 Å². The van der Waals surface area contributed by atoms with Crippen molar-refractivity contribution in [1.29, 1.82) is 0 Å². The Morgan fingerprint density at radius 2 is 0.440 bits per heavy atom. The van der Waals surface area contributed by atoms with E-state index in [-0.39, 0.29) is 96.2 Å². The van der Waals surface area contributed by atoms with Crippen molar-refractivity contribution in [2.75, 3.05) is 0 Å². The van der Waals surface area contributed by atoms with Gasteiger partial charge in [-0.25, -0.2) is 29.9 Å². The minimum Gasteiger partial charge on any atom is -0.344 e. The predicted octanol–water partition coefficient (Wildman–Crippen LogP) is 12.0. The van der Waals surface area contributed by atoms with Gasteiger partial charge < -0.3 is 47.9 Å². The minimum atomic E-state index is -0.707. The van der Waals surface area contributed by atoms with Gasteiger partial charge in [0.2, 0.25) is 0 Å². The molecule has 2 N–H and O–H groups in total. The van der Waals surface area contributed by atoms with Gasteiger partial charge in [-0.2, -0.15) is 0 Å². The highest BCUT2D eigenvalue weighted by molar-refractivity contribution is 6.08. The molecule has 18 aliphatic rings. The summed E-state index contributed by atoms with van der Waals surface area (Å²) in [6.07, 6.45) is 17.5. The van der Waals surface area contributed by atoms with Gasteiger partial charge in [-0.1, -0.05) is 48.6 Å². The van der Waals surface area contributed by atoms with Crippen molar-refractivity contribution < 1.29 is 37.9 Å². The van der Waals surface area contributed by atoms with Crippen LogP contribution in [0.2, 0.25) is 0 Å². The topological polar surface area (TPSA) is 183 Å². The number of hydrogen-bond donors (Lipinski definition) is 2. The Labute approximate surface area is 481 Å². The highest BCUT2D eigenvalue weighted by Crippen LogP contribution is 2.60. The maximum Gasteiger partial charge on any atom is 0.164 e. The lowest BCUT2D eigenvalue weighted by molar-refractivity contribution is -0.147. The summed E-state index contributed by atoms with van der Waals surface area (Å²) < 4.78 is 53.4. The zero-order valence-corrected chi connectivity index (χ0v) is 47.4. The molecule has 16 unspecified atom stereocenters. The molecule has 0 spiro atoms. The number of benzene rings is 4. The van der Waals surface area contributed by atoms with Crippen LogP contribution in [0.5, 0.6) is 0 Å². The molecule has 4 aromatic carbocycles. The number of hydrogen-bond acceptors (Lipinski definition) is 14. The molecule has 16 nitrogen and oxygen atoms in total. The Balaban J connectivity index is 0.856. The molecule has 4 fully saturated rings. The molecular weight excluding hydrogens is 1060 g/mol. The third-order valence-electron chi connectivity index (χ3n) is 21.1. The van der Waals surface area contributed by atoms with E-state index in [4.69, 9.17) is 67.8 Å². The SMILES string of the molecule is CC1(C)OC2C3C=CC(c4cc5c(cc43)-c3nc-5nc4[nH]c(nc5nc(nc6[nH]c(n3)c3cc7c(cc63)C3C=CC7C6OC(C)(C)OC36)-c3cc6c(cc3-5)C3C=CC6C5OC(C)(C)OC35)c3cc5c(cc43)C3C=CC5C4OC(C)(C)OC34)C2O1. The van der Waals surface area contributed by atoms with Gasteiger partial charge in [0.15, 0.2) is 46.4 Å². The summed E-state index contributed by atoms with van der Waals surface area (Å²) in [5.41, 5.74) is 15.7. The second-order valence-electron chi connectivity index (χ2n) is 27.7. The molecule has 0 radical (unpaired) electrons. The van der Waals surface area contributed by atoms with Crippen molar-refractivity contribution in [3.8, 4) is 45.6 Å². The van der Waals surface area contributed by atoms with Gasteiger partial charge >= 0.3 is 0 Å². The van der Waals surface area contributed by atoms with Gasteiger partial charge in [-0.15, -0.1) is 0 Å². The molecule has 0 amide bonds. The monoisotopic (exact) mass is 1110 g/mol. The summed E-state index contributed by atoms with van der Waals surface area (Å²) in [7, 11) is 0. The molecule has 418 valence electrons. The molecule has 3 aromatic heterocycles. The number of ether oxygens (including phenoxy) is 8. The molecule has 12 aliphatic carbocycles. The normalized spacial score (nSPS) is 35.9. The first-order valence-electron chi connectivity index (χ1n) is 30.1. The molecule has 16 heteroatoms. The van der Waals surface area contributed by atoms with Crippen LogP contribution in [-0.4, -0.2) is 112 Å². The summed E-state index contributed by atoms with van der Waals surface area (Å²) in [5, 5.41) is 3.69. The van der Waals surface area contributed by atoms with E-state index in [0.717, 1.165) is 43.8 Å². The number of rotatable bonds is 0. The molecule has 9 heterocycles. The average Bonchev–Trinajstić information content (AvgIpc) is 2.24. The number of nitrogens with one attached hydrogen (secondary N) is 2. The van der Waals surface area contributed by atoms with E-state index < -0.39 is 23.1 Å².